The Bertz CT molecular complexity index is 622. The SMILES string of the molecule is CNC[C@H]1Cc2cccc(-c3c(Cl)cccc3Cl)c2O1. The Morgan fingerprint density at radius 3 is 2.55 bits per heavy atom. The summed E-state index contributed by atoms with van der Waals surface area (Å²) in [6.07, 6.45) is 1.07. The Labute approximate surface area is 128 Å². The molecule has 0 spiro atoms. The van der Waals surface area contributed by atoms with Crippen LogP contribution in [0.3, 0.4) is 0 Å². The summed E-state index contributed by atoms with van der Waals surface area (Å²) in [5, 5.41) is 4.44. The zero-order valence-electron chi connectivity index (χ0n) is 11.1. The number of hydrogen-bond donors (Lipinski definition) is 1. The number of halogens is 2. The lowest BCUT2D eigenvalue weighted by Gasteiger charge is -2.13. The zero-order chi connectivity index (χ0) is 14.1. The second-order valence-electron chi connectivity index (χ2n) is 4.89. The van der Waals surface area contributed by atoms with E-state index < -0.39 is 0 Å². The molecule has 1 N–H and O–H groups in total. The van der Waals surface area contributed by atoms with E-state index in [0.717, 1.165) is 29.8 Å². The average molecular weight is 308 g/mol. The quantitative estimate of drug-likeness (QED) is 0.918. The molecule has 2 aromatic rings. The maximum atomic E-state index is 6.31. The second kappa shape index (κ2) is 5.65. The van der Waals surface area contributed by atoms with Crippen LogP contribution in [0.15, 0.2) is 36.4 Å². The number of benzene rings is 2. The van der Waals surface area contributed by atoms with Crippen molar-refractivity contribution >= 4 is 23.2 Å². The molecular formula is C16H15Cl2NO. The van der Waals surface area contributed by atoms with Crippen molar-refractivity contribution in [3.8, 4) is 16.9 Å². The highest BCUT2D eigenvalue weighted by Gasteiger charge is 2.26. The standard InChI is InChI=1S/C16H15Cl2NO/c1-19-9-11-8-10-4-2-5-12(16(10)20-11)15-13(17)6-3-7-14(15)18/h2-7,11,19H,8-9H2,1H3/t11-/m1/s1. The molecule has 2 nitrogen and oxygen atoms in total. The monoisotopic (exact) mass is 307 g/mol. The van der Waals surface area contributed by atoms with Crippen molar-refractivity contribution in [1.29, 1.82) is 0 Å². The molecule has 20 heavy (non-hydrogen) atoms. The van der Waals surface area contributed by atoms with Gasteiger partial charge in [0.1, 0.15) is 11.9 Å². The van der Waals surface area contributed by atoms with Gasteiger partial charge in [-0.1, -0.05) is 47.5 Å². The van der Waals surface area contributed by atoms with E-state index in [2.05, 4.69) is 11.4 Å². The first-order valence-electron chi connectivity index (χ1n) is 6.58. The van der Waals surface area contributed by atoms with E-state index in [4.69, 9.17) is 27.9 Å². The van der Waals surface area contributed by atoms with Gasteiger partial charge in [0, 0.05) is 24.1 Å². The normalized spacial score (nSPS) is 16.9. The van der Waals surface area contributed by atoms with E-state index in [-0.39, 0.29) is 6.10 Å². The van der Waals surface area contributed by atoms with Gasteiger partial charge >= 0.3 is 0 Å². The summed E-state index contributed by atoms with van der Waals surface area (Å²) in [6.45, 7) is 0.824. The largest absolute Gasteiger partial charge is 0.488 e. The molecular weight excluding hydrogens is 293 g/mol. The smallest absolute Gasteiger partial charge is 0.131 e. The van der Waals surface area contributed by atoms with Crippen molar-refractivity contribution in [2.24, 2.45) is 0 Å². The van der Waals surface area contributed by atoms with E-state index in [0.29, 0.717) is 10.0 Å². The highest BCUT2D eigenvalue weighted by molar-refractivity contribution is 6.39. The predicted molar refractivity (Wildman–Crippen MR) is 83.9 cm³/mol. The van der Waals surface area contributed by atoms with Gasteiger partial charge in [-0.05, 0) is 24.7 Å². The molecule has 104 valence electrons. The first kappa shape index (κ1) is 13.7. The maximum Gasteiger partial charge on any atom is 0.131 e. The lowest BCUT2D eigenvalue weighted by Crippen LogP contribution is -2.27. The molecule has 0 saturated heterocycles. The molecule has 0 bridgehead atoms. The lowest BCUT2D eigenvalue weighted by atomic mass is 10.0. The number of ether oxygens (including phenoxy) is 1. The molecule has 1 aliphatic heterocycles. The highest BCUT2D eigenvalue weighted by atomic mass is 35.5. The third-order valence-electron chi connectivity index (χ3n) is 3.49. The van der Waals surface area contributed by atoms with Gasteiger partial charge in [0.2, 0.25) is 0 Å². The lowest BCUT2D eigenvalue weighted by molar-refractivity contribution is 0.232. The summed E-state index contributed by atoms with van der Waals surface area (Å²) in [5.74, 6) is 0.905. The summed E-state index contributed by atoms with van der Waals surface area (Å²) < 4.78 is 6.06. The van der Waals surface area contributed by atoms with Gasteiger partial charge in [0.25, 0.3) is 0 Å². The fraction of sp³-hybridized carbons (Fsp3) is 0.250. The van der Waals surface area contributed by atoms with Crippen LogP contribution in [0.1, 0.15) is 5.56 Å². The van der Waals surface area contributed by atoms with E-state index >= 15 is 0 Å². The van der Waals surface area contributed by atoms with Gasteiger partial charge in [0.05, 0.1) is 10.0 Å². The van der Waals surface area contributed by atoms with Gasteiger partial charge in [-0.3, -0.25) is 0 Å². The fourth-order valence-corrected chi connectivity index (χ4v) is 3.23. The first-order chi connectivity index (χ1) is 9.70. The molecule has 1 heterocycles. The fourth-order valence-electron chi connectivity index (χ4n) is 2.63. The number of likely N-dealkylation sites (N-methyl/N-ethyl adjacent to an activating group) is 1. The maximum absolute atomic E-state index is 6.31. The molecule has 3 rings (SSSR count). The summed E-state index contributed by atoms with van der Waals surface area (Å²) in [6, 6.07) is 11.7. The van der Waals surface area contributed by atoms with E-state index in [1.807, 2.05) is 37.4 Å². The van der Waals surface area contributed by atoms with Gasteiger partial charge in [-0.2, -0.15) is 0 Å². The molecule has 1 atom stereocenters. The van der Waals surface area contributed by atoms with Crippen molar-refractivity contribution in [3.05, 3.63) is 52.0 Å². The first-order valence-corrected chi connectivity index (χ1v) is 7.34. The van der Waals surface area contributed by atoms with Crippen LogP contribution in [0.25, 0.3) is 11.1 Å². The topological polar surface area (TPSA) is 21.3 Å². The zero-order valence-corrected chi connectivity index (χ0v) is 12.6. The number of nitrogens with one attached hydrogen (secondary N) is 1. The Balaban J connectivity index is 2.08. The van der Waals surface area contributed by atoms with Crippen LogP contribution < -0.4 is 10.1 Å². The van der Waals surface area contributed by atoms with Crippen molar-refractivity contribution < 1.29 is 4.74 Å². The number of fused-ring (bicyclic) bond motifs is 1. The highest BCUT2D eigenvalue weighted by Crippen LogP contribution is 2.43. The van der Waals surface area contributed by atoms with E-state index in [1.54, 1.807) is 0 Å². The Hall–Kier alpha value is -1.22. The van der Waals surface area contributed by atoms with E-state index in [9.17, 15) is 0 Å². The second-order valence-corrected chi connectivity index (χ2v) is 5.71. The van der Waals surface area contributed by atoms with Crippen LogP contribution >= 0.6 is 23.2 Å². The minimum Gasteiger partial charge on any atom is -0.488 e. The summed E-state index contributed by atoms with van der Waals surface area (Å²) in [7, 11) is 1.93. The molecule has 1 aliphatic rings. The minimum absolute atomic E-state index is 0.164. The van der Waals surface area contributed by atoms with Crippen molar-refractivity contribution in [2.45, 2.75) is 12.5 Å². The third-order valence-corrected chi connectivity index (χ3v) is 4.12. The van der Waals surface area contributed by atoms with Crippen LogP contribution in [-0.4, -0.2) is 19.7 Å². The van der Waals surface area contributed by atoms with Gasteiger partial charge in [-0.25, -0.2) is 0 Å². The number of rotatable bonds is 3. The van der Waals surface area contributed by atoms with Crippen LogP contribution in [0.2, 0.25) is 10.0 Å². The van der Waals surface area contributed by atoms with Crippen LogP contribution in [0, 0.1) is 0 Å². The van der Waals surface area contributed by atoms with Gasteiger partial charge in [-0.15, -0.1) is 0 Å². The van der Waals surface area contributed by atoms with Crippen molar-refractivity contribution in [3.63, 3.8) is 0 Å². The Morgan fingerprint density at radius 1 is 1.15 bits per heavy atom. The summed E-state index contributed by atoms with van der Waals surface area (Å²) in [5.41, 5.74) is 3.02. The number of para-hydroxylation sites is 1. The Morgan fingerprint density at radius 2 is 1.85 bits per heavy atom. The molecule has 0 amide bonds. The Kier molecular flexibility index (Phi) is 3.88. The van der Waals surface area contributed by atoms with Crippen LogP contribution in [0.4, 0.5) is 0 Å². The predicted octanol–water partition coefficient (Wildman–Crippen LogP) is 4.18. The van der Waals surface area contributed by atoms with Crippen LogP contribution in [0.5, 0.6) is 5.75 Å². The van der Waals surface area contributed by atoms with Gasteiger partial charge < -0.3 is 10.1 Å². The summed E-state index contributed by atoms with van der Waals surface area (Å²) in [4.78, 5) is 0. The molecule has 4 heteroatoms. The molecule has 0 unspecified atom stereocenters. The summed E-state index contributed by atoms with van der Waals surface area (Å²) >= 11 is 12.6. The molecule has 2 aromatic carbocycles. The molecule has 0 fully saturated rings. The average Bonchev–Trinajstić information content (AvgIpc) is 2.82. The van der Waals surface area contributed by atoms with E-state index in [1.165, 1.54) is 5.56 Å². The minimum atomic E-state index is 0.164. The molecule has 0 saturated carbocycles. The van der Waals surface area contributed by atoms with Crippen molar-refractivity contribution in [1.82, 2.24) is 5.32 Å². The molecule has 0 aliphatic carbocycles. The molecule has 0 radical (unpaired) electrons. The molecule has 0 aromatic heterocycles. The van der Waals surface area contributed by atoms with Gasteiger partial charge in [0.15, 0.2) is 0 Å². The number of hydrogen-bond acceptors (Lipinski definition) is 2. The third kappa shape index (κ3) is 2.39. The van der Waals surface area contributed by atoms with Crippen molar-refractivity contribution in [2.75, 3.05) is 13.6 Å². The van der Waals surface area contributed by atoms with Crippen LogP contribution in [-0.2, 0) is 6.42 Å².